The third-order valence-electron chi connectivity index (χ3n) is 6.10. The Kier molecular flexibility index (Phi) is 6.34. The number of hydrogen-bond acceptors (Lipinski definition) is 7. The molecule has 3 aliphatic rings. The number of nitrogens with zero attached hydrogens (tertiary/aromatic N) is 3. The van der Waals surface area contributed by atoms with Crippen LogP contribution in [0, 0.1) is 24.2 Å². The number of carbonyl (C=O) groups excluding carboxylic acids is 1. The zero-order valence-corrected chi connectivity index (χ0v) is 17.5. The van der Waals surface area contributed by atoms with Crippen LogP contribution in [0.3, 0.4) is 0 Å². The number of para-hydroxylation sites is 1. The summed E-state index contributed by atoms with van der Waals surface area (Å²) < 4.78 is 5.59. The third-order valence-corrected chi connectivity index (χ3v) is 6.10. The van der Waals surface area contributed by atoms with E-state index in [-0.39, 0.29) is 5.57 Å². The van der Waals surface area contributed by atoms with E-state index in [1.165, 1.54) is 19.3 Å². The highest BCUT2D eigenvalue weighted by Crippen LogP contribution is 2.35. The van der Waals surface area contributed by atoms with Gasteiger partial charge in [-0.1, -0.05) is 31.4 Å². The van der Waals surface area contributed by atoms with Crippen molar-refractivity contribution in [1.29, 1.82) is 5.26 Å². The van der Waals surface area contributed by atoms with E-state index < -0.39 is 5.97 Å². The first-order chi connectivity index (χ1) is 14.7. The van der Waals surface area contributed by atoms with Crippen LogP contribution < -0.4 is 10.6 Å². The predicted molar refractivity (Wildman–Crippen MR) is 117 cm³/mol. The van der Waals surface area contributed by atoms with Gasteiger partial charge in [-0.05, 0) is 37.3 Å². The zero-order valence-electron chi connectivity index (χ0n) is 17.5. The van der Waals surface area contributed by atoms with Crippen molar-refractivity contribution < 1.29 is 9.53 Å². The molecular formula is C23H29N5O2. The summed E-state index contributed by atoms with van der Waals surface area (Å²) in [4.78, 5) is 19.9. The van der Waals surface area contributed by atoms with Crippen LogP contribution in [0.2, 0.25) is 0 Å². The standard InChI is InChI=1S/C23H29N5O2/c1-16-6-5-9-19-20(16)27-22(28-12-10-25-11-13-28)21(26-19)18(14-24)23(29)30-15-17-7-3-2-4-8-17/h5-6,9,17,25-26H,2-4,7-8,10-13,15H2,1H3/b21-18-. The van der Waals surface area contributed by atoms with Gasteiger partial charge in [-0.2, -0.15) is 5.26 Å². The van der Waals surface area contributed by atoms with Crippen LogP contribution in [0.4, 0.5) is 11.4 Å². The number of nitriles is 1. The normalized spacial score (nSPS) is 21.1. The number of amidine groups is 1. The van der Waals surface area contributed by atoms with Crippen LogP contribution >= 0.6 is 0 Å². The molecule has 0 aromatic heterocycles. The summed E-state index contributed by atoms with van der Waals surface area (Å²) in [6.07, 6.45) is 5.80. The highest BCUT2D eigenvalue weighted by Gasteiger charge is 2.30. The molecule has 7 nitrogen and oxygen atoms in total. The van der Waals surface area contributed by atoms with Gasteiger partial charge in [0.05, 0.1) is 18.0 Å². The number of aryl methyl sites for hydroxylation is 1. The fourth-order valence-electron chi connectivity index (χ4n) is 4.36. The van der Waals surface area contributed by atoms with E-state index in [1.54, 1.807) is 0 Å². The van der Waals surface area contributed by atoms with Crippen LogP contribution in [0.15, 0.2) is 34.5 Å². The number of benzene rings is 1. The Hall–Kier alpha value is -2.85. The Morgan fingerprint density at radius 3 is 2.77 bits per heavy atom. The topological polar surface area (TPSA) is 89.8 Å². The Morgan fingerprint density at radius 1 is 1.27 bits per heavy atom. The van der Waals surface area contributed by atoms with Gasteiger partial charge in [0, 0.05) is 26.2 Å². The van der Waals surface area contributed by atoms with E-state index in [9.17, 15) is 10.1 Å². The molecule has 0 radical (unpaired) electrons. The predicted octanol–water partition coefficient (Wildman–Crippen LogP) is 3.26. The van der Waals surface area contributed by atoms with Gasteiger partial charge in [-0.25, -0.2) is 9.79 Å². The quantitative estimate of drug-likeness (QED) is 0.454. The average Bonchev–Trinajstić information content (AvgIpc) is 2.79. The van der Waals surface area contributed by atoms with Crippen LogP contribution in [0.5, 0.6) is 0 Å². The van der Waals surface area contributed by atoms with Gasteiger partial charge >= 0.3 is 5.97 Å². The average molecular weight is 408 g/mol. The number of aliphatic imine (C=N–C) groups is 1. The molecule has 2 N–H and O–H groups in total. The Morgan fingerprint density at radius 2 is 2.03 bits per heavy atom. The monoisotopic (exact) mass is 407 g/mol. The zero-order chi connectivity index (χ0) is 20.9. The van der Waals surface area contributed by atoms with Crippen molar-refractivity contribution in [3.05, 3.63) is 35.0 Å². The summed E-state index contributed by atoms with van der Waals surface area (Å²) in [5.74, 6) is 0.477. The molecule has 2 fully saturated rings. The molecule has 0 spiro atoms. The summed E-state index contributed by atoms with van der Waals surface area (Å²) in [5, 5.41) is 16.5. The smallest absolute Gasteiger partial charge is 0.351 e. The van der Waals surface area contributed by atoms with Crippen molar-refractivity contribution >= 4 is 23.2 Å². The van der Waals surface area contributed by atoms with Crippen molar-refractivity contribution in [2.45, 2.75) is 39.0 Å². The number of rotatable bonds is 3. The molecular weight excluding hydrogens is 378 g/mol. The fourth-order valence-corrected chi connectivity index (χ4v) is 4.36. The number of esters is 1. The van der Waals surface area contributed by atoms with Gasteiger partial charge in [0.15, 0.2) is 11.4 Å². The van der Waals surface area contributed by atoms with Crippen molar-refractivity contribution in [2.24, 2.45) is 10.9 Å². The number of piperazine rings is 1. The largest absolute Gasteiger partial charge is 0.461 e. The maximum absolute atomic E-state index is 12.9. The number of ether oxygens (including phenoxy) is 1. The summed E-state index contributed by atoms with van der Waals surface area (Å²) in [6.45, 7) is 5.59. The molecule has 0 bridgehead atoms. The van der Waals surface area contributed by atoms with Crippen molar-refractivity contribution in [3.63, 3.8) is 0 Å². The van der Waals surface area contributed by atoms with E-state index in [4.69, 9.17) is 9.73 Å². The second kappa shape index (κ2) is 9.31. The van der Waals surface area contributed by atoms with E-state index >= 15 is 0 Å². The highest BCUT2D eigenvalue weighted by molar-refractivity contribution is 6.12. The Labute approximate surface area is 177 Å². The lowest BCUT2D eigenvalue weighted by atomic mass is 9.90. The number of fused-ring (bicyclic) bond motifs is 1. The SMILES string of the molecule is Cc1cccc2c1N=C(N1CCNCC1)/C(=C(\C#N)C(=O)OCC1CCCCC1)N2. The summed E-state index contributed by atoms with van der Waals surface area (Å²) in [5.41, 5.74) is 3.14. The minimum atomic E-state index is -0.565. The molecule has 1 aromatic carbocycles. The summed E-state index contributed by atoms with van der Waals surface area (Å²) >= 11 is 0. The molecule has 0 unspecified atom stereocenters. The summed E-state index contributed by atoms with van der Waals surface area (Å²) in [7, 11) is 0. The highest BCUT2D eigenvalue weighted by atomic mass is 16.5. The third kappa shape index (κ3) is 4.34. The molecule has 30 heavy (non-hydrogen) atoms. The molecule has 4 rings (SSSR count). The van der Waals surface area contributed by atoms with E-state index in [1.807, 2.05) is 25.1 Å². The minimum absolute atomic E-state index is 0.00440. The van der Waals surface area contributed by atoms with Crippen molar-refractivity contribution in [3.8, 4) is 6.07 Å². The molecule has 7 heteroatoms. The lowest BCUT2D eigenvalue weighted by Crippen LogP contribution is -2.48. The van der Waals surface area contributed by atoms with Crippen LogP contribution in [-0.2, 0) is 9.53 Å². The van der Waals surface area contributed by atoms with Gasteiger partial charge < -0.3 is 20.3 Å². The molecule has 1 aromatic rings. The first kappa shape index (κ1) is 20.4. The molecule has 2 aliphatic heterocycles. The Bertz CT molecular complexity index is 903. The maximum atomic E-state index is 12.9. The summed E-state index contributed by atoms with van der Waals surface area (Å²) in [6, 6.07) is 7.97. The van der Waals surface area contributed by atoms with Gasteiger partial charge in [0.2, 0.25) is 0 Å². The lowest BCUT2D eigenvalue weighted by molar-refractivity contribution is -0.140. The minimum Gasteiger partial charge on any atom is -0.461 e. The second-order valence-corrected chi connectivity index (χ2v) is 8.23. The molecule has 1 saturated heterocycles. The van der Waals surface area contributed by atoms with Crippen molar-refractivity contribution in [1.82, 2.24) is 10.2 Å². The lowest BCUT2D eigenvalue weighted by Gasteiger charge is -2.34. The fraction of sp³-hybridized carbons (Fsp3) is 0.522. The van der Waals surface area contributed by atoms with Crippen LogP contribution in [0.1, 0.15) is 37.7 Å². The molecule has 0 amide bonds. The Balaban J connectivity index is 1.64. The van der Waals surface area contributed by atoms with Gasteiger partial charge in [0.1, 0.15) is 11.8 Å². The van der Waals surface area contributed by atoms with E-state index in [2.05, 4.69) is 21.6 Å². The van der Waals surface area contributed by atoms with E-state index in [0.29, 0.717) is 24.1 Å². The number of carbonyl (C=O) groups is 1. The second-order valence-electron chi connectivity index (χ2n) is 8.23. The maximum Gasteiger partial charge on any atom is 0.351 e. The first-order valence-corrected chi connectivity index (χ1v) is 10.9. The van der Waals surface area contributed by atoms with E-state index in [0.717, 1.165) is 56.0 Å². The first-order valence-electron chi connectivity index (χ1n) is 10.9. The number of anilines is 1. The van der Waals surface area contributed by atoms with Gasteiger partial charge in [-0.3, -0.25) is 0 Å². The van der Waals surface area contributed by atoms with Crippen molar-refractivity contribution in [2.75, 3.05) is 38.1 Å². The van der Waals surface area contributed by atoms with Crippen LogP contribution in [-0.4, -0.2) is 49.5 Å². The number of hydrogen-bond donors (Lipinski definition) is 2. The van der Waals surface area contributed by atoms with Crippen LogP contribution in [0.25, 0.3) is 0 Å². The molecule has 1 aliphatic carbocycles. The van der Waals surface area contributed by atoms with Gasteiger partial charge in [0.25, 0.3) is 0 Å². The molecule has 0 atom stereocenters. The molecule has 158 valence electrons. The molecule has 2 heterocycles. The number of nitrogens with one attached hydrogen (secondary N) is 2. The van der Waals surface area contributed by atoms with Gasteiger partial charge in [-0.15, -0.1) is 0 Å². The molecule has 1 saturated carbocycles.